The summed E-state index contributed by atoms with van der Waals surface area (Å²) in [7, 11) is 0. The molecule has 0 radical (unpaired) electrons. The van der Waals surface area contributed by atoms with E-state index >= 15 is 0 Å². The van der Waals surface area contributed by atoms with Crippen molar-refractivity contribution in [3.63, 3.8) is 0 Å². The van der Waals surface area contributed by atoms with E-state index in [1.807, 2.05) is 44.2 Å². The first-order valence-corrected chi connectivity index (χ1v) is 9.93. The molecular formula is C23H27N3O5. The zero-order valence-electron chi connectivity index (χ0n) is 17.8. The molecule has 0 heterocycles. The fraction of sp³-hybridized carbons (Fsp3) is 0.304. The van der Waals surface area contributed by atoms with Gasteiger partial charge in [0.25, 0.3) is 5.91 Å². The lowest BCUT2D eigenvalue weighted by Gasteiger charge is -2.16. The quantitative estimate of drug-likeness (QED) is 0.535. The van der Waals surface area contributed by atoms with E-state index < -0.39 is 30.6 Å². The molecule has 2 rings (SSSR count). The van der Waals surface area contributed by atoms with Gasteiger partial charge >= 0.3 is 12.0 Å². The Bertz CT molecular complexity index is 928. The van der Waals surface area contributed by atoms with Crippen LogP contribution >= 0.6 is 0 Å². The molecule has 0 aliphatic carbocycles. The van der Waals surface area contributed by atoms with Gasteiger partial charge in [-0.2, -0.15) is 0 Å². The second kappa shape index (κ2) is 11.5. The van der Waals surface area contributed by atoms with Gasteiger partial charge in [0.1, 0.15) is 0 Å². The smallest absolute Gasteiger partial charge is 0.340 e. The van der Waals surface area contributed by atoms with Gasteiger partial charge in [0, 0.05) is 6.04 Å². The number of hydrogen-bond acceptors (Lipinski definition) is 5. The summed E-state index contributed by atoms with van der Waals surface area (Å²) in [5, 5.41) is 7.84. The predicted molar refractivity (Wildman–Crippen MR) is 117 cm³/mol. The second-order valence-corrected chi connectivity index (χ2v) is 7.30. The normalized spacial score (nSPS) is 11.4. The maximum absolute atomic E-state index is 12.4. The fourth-order valence-electron chi connectivity index (χ4n) is 2.78. The fourth-order valence-corrected chi connectivity index (χ4v) is 2.78. The van der Waals surface area contributed by atoms with Gasteiger partial charge in [-0.3, -0.25) is 9.59 Å². The first kappa shape index (κ1) is 23.6. The lowest BCUT2D eigenvalue weighted by atomic mass is 10.0. The van der Waals surface area contributed by atoms with E-state index in [0.29, 0.717) is 6.42 Å². The Morgan fingerprint density at radius 3 is 2.19 bits per heavy atom. The summed E-state index contributed by atoms with van der Waals surface area (Å²) in [5.74, 6) is -1.56. The van der Waals surface area contributed by atoms with Crippen molar-refractivity contribution in [2.75, 3.05) is 11.9 Å². The van der Waals surface area contributed by atoms with Crippen LogP contribution in [-0.4, -0.2) is 42.4 Å². The van der Waals surface area contributed by atoms with Gasteiger partial charge in [-0.15, -0.1) is 0 Å². The van der Waals surface area contributed by atoms with E-state index in [9.17, 15) is 19.2 Å². The van der Waals surface area contributed by atoms with Crippen LogP contribution in [0.2, 0.25) is 0 Å². The Morgan fingerprint density at radius 2 is 1.55 bits per heavy atom. The standard InChI is InChI=1S/C23H27N3O5/c1-15(2)24-23(30)26-19-12-8-7-11-18(19)22(29)31-14-21(28)25-20(16(3)27)13-17-9-5-4-6-10-17/h4-12,15,20H,13-14H2,1-3H3,(H,25,28)(H2,24,26,30). The number of ketones is 1. The van der Waals surface area contributed by atoms with E-state index in [-0.39, 0.29) is 23.1 Å². The number of amides is 3. The number of rotatable bonds is 9. The third kappa shape index (κ3) is 7.93. The summed E-state index contributed by atoms with van der Waals surface area (Å²) < 4.78 is 5.09. The third-order valence-corrected chi connectivity index (χ3v) is 4.26. The molecule has 0 fully saturated rings. The van der Waals surface area contributed by atoms with Gasteiger partial charge in [0.15, 0.2) is 12.4 Å². The lowest BCUT2D eigenvalue weighted by molar-refractivity contribution is -0.128. The number of carbonyl (C=O) groups excluding carboxylic acids is 4. The number of benzene rings is 2. The van der Waals surface area contributed by atoms with E-state index in [4.69, 9.17) is 4.74 Å². The van der Waals surface area contributed by atoms with Crippen LogP contribution in [0.3, 0.4) is 0 Å². The minimum absolute atomic E-state index is 0.0760. The Kier molecular flexibility index (Phi) is 8.75. The molecule has 3 amide bonds. The molecule has 0 aliphatic heterocycles. The maximum Gasteiger partial charge on any atom is 0.340 e. The summed E-state index contributed by atoms with van der Waals surface area (Å²) in [6.07, 6.45) is 0.341. The topological polar surface area (TPSA) is 114 Å². The summed E-state index contributed by atoms with van der Waals surface area (Å²) in [6.45, 7) is 4.46. The van der Waals surface area contributed by atoms with Crippen molar-refractivity contribution in [3.8, 4) is 0 Å². The van der Waals surface area contributed by atoms with Crippen molar-refractivity contribution in [2.45, 2.75) is 39.3 Å². The molecule has 2 aromatic carbocycles. The number of nitrogens with one attached hydrogen (secondary N) is 3. The first-order chi connectivity index (χ1) is 14.8. The van der Waals surface area contributed by atoms with E-state index in [1.54, 1.807) is 18.2 Å². The molecule has 1 unspecified atom stereocenters. The predicted octanol–water partition coefficient (Wildman–Crippen LogP) is 2.69. The van der Waals surface area contributed by atoms with Gasteiger partial charge in [0.05, 0.1) is 17.3 Å². The summed E-state index contributed by atoms with van der Waals surface area (Å²) in [6, 6.07) is 14.4. The number of anilines is 1. The van der Waals surface area contributed by atoms with Crippen LogP contribution < -0.4 is 16.0 Å². The van der Waals surface area contributed by atoms with E-state index in [1.165, 1.54) is 13.0 Å². The minimum Gasteiger partial charge on any atom is -0.452 e. The number of hydrogen-bond donors (Lipinski definition) is 3. The highest BCUT2D eigenvalue weighted by Gasteiger charge is 2.20. The highest BCUT2D eigenvalue weighted by Crippen LogP contribution is 2.16. The molecule has 31 heavy (non-hydrogen) atoms. The summed E-state index contributed by atoms with van der Waals surface area (Å²) >= 11 is 0. The van der Waals surface area contributed by atoms with Crippen LogP contribution in [0, 0.1) is 0 Å². The molecule has 1 atom stereocenters. The molecule has 3 N–H and O–H groups in total. The number of urea groups is 1. The minimum atomic E-state index is -0.766. The van der Waals surface area contributed by atoms with Gasteiger partial charge in [-0.1, -0.05) is 42.5 Å². The van der Waals surface area contributed by atoms with Gasteiger partial charge in [-0.05, 0) is 44.9 Å². The number of ether oxygens (including phenoxy) is 1. The largest absolute Gasteiger partial charge is 0.452 e. The summed E-state index contributed by atoms with van der Waals surface area (Å²) in [5.41, 5.74) is 1.28. The number of Topliss-reactive ketones (excluding diaryl/α,β-unsaturated/α-hetero) is 1. The van der Waals surface area contributed by atoms with Gasteiger partial charge < -0.3 is 20.7 Å². The first-order valence-electron chi connectivity index (χ1n) is 9.93. The number of para-hydroxylation sites is 1. The Balaban J connectivity index is 1.95. The van der Waals surface area contributed by atoms with Crippen LogP contribution in [0.25, 0.3) is 0 Å². The lowest BCUT2D eigenvalue weighted by Crippen LogP contribution is -2.43. The van der Waals surface area contributed by atoms with E-state index in [0.717, 1.165) is 5.56 Å². The maximum atomic E-state index is 12.4. The zero-order valence-corrected chi connectivity index (χ0v) is 17.8. The second-order valence-electron chi connectivity index (χ2n) is 7.30. The number of esters is 1. The molecule has 8 nitrogen and oxygen atoms in total. The molecule has 0 bridgehead atoms. The van der Waals surface area contributed by atoms with Crippen LogP contribution in [0.5, 0.6) is 0 Å². The van der Waals surface area contributed by atoms with Crippen LogP contribution in [0.4, 0.5) is 10.5 Å². The molecule has 164 valence electrons. The number of carbonyl (C=O) groups is 4. The van der Waals surface area contributed by atoms with Gasteiger partial charge in [0.2, 0.25) is 0 Å². The van der Waals surface area contributed by atoms with Crippen molar-refractivity contribution >= 4 is 29.4 Å². The summed E-state index contributed by atoms with van der Waals surface area (Å²) in [4.78, 5) is 48.5. The van der Waals surface area contributed by atoms with Crippen molar-refractivity contribution in [1.82, 2.24) is 10.6 Å². The van der Waals surface area contributed by atoms with Crippen molar-refractivity contribution in [2.24, 2.45) is 0 Å². The Labute approximate surface area is 181 Å². The zero-order chi connectivity index (χ0) is 22.8. The van der Waals surface area contributed by atoms with Crippen molar-refractivity contribution < 1.29 is 23.9 Å². The molecular weight excluding hydrogens is 398 g/mol. The molecule has 0 saturated heterocycles. The van der Waals surface area contributed by atoms with Gasteiger partial charge in [-0.25, -0.2) is 9.59 Å². The molecule has 0 saturated carbocycles. The SMILES string of the molecule is CC(=O)C(Cc1ccccc1)NC(=O)COC(=O)c1ccccc1NC(=O)NC(C)C. The third-order valence-electron chi connectivity index (χ3n) is 4.26. The van der Waals surface area contributed by atoms with E-state index in [2.05, 4.69) is 16.0 Å². The van der Waals surface area contributed by atoms with Crippen molar-refractivity contribution in [3.05, 3.63) is 65.7 Å². The van der Waals surface area contributed by atoms with Crippen LogP contribution in [0.15, 0.2) is 54.6 Å². The highest BCUT2D eigenvalue weighted by atomic mass is 16.5. The highest BCUT2D eigenvalue weighted by molar-refractivity contribution is 6.01. The van der Waals surface area contributed by atoms with Crippen LogP contribution in [-0.2, 0) is 20.7 Å². The average Bonchev–Trinajstić information content (AvgIpc) is 2.72. The van der Waals surface area contributed by atoms with Crippen molar-refractivity contribution in [1.29, 1.82) is 0 Å². The van der Waals surface area contributed by atoms with Crippen LogP contribution in [0.1, 0.15) is 36.7 Å². The monoisotopic (exact) mass is 425 g/mol. The Hall–Kier alpha value is -3.68. The molecule has 0 aromatic heterocycles. The molecule has 2 aromatic rings. The Morgan fingerprint density at radius 1 is 0.903 bits per heavy atom. The molecule has 8 heteroatoms. The average molecular weight is 425 g/mol. The molecule has 0 spiro atoms. The molecule has 0 aliphatic rings.